The van der Waals surface area contributed by atoms with Crippen LogP contribution in [0.15, 0.2) is 23.0 Å². The number of rotatable bonds is 3. The van der Waals surface area contributed by atoms with Crippen LogP contribution in [0.5, 0.6) is 0 Å². The van der Waals surface area contributed by atoms with E-state index in [1.807, 2.05) is 0 Å². The molecule has 0 spiro atoms. The minimum absolute atomic E-state index is 0.344. The van der Waals surface area contributed by atoms with Crippen molar-refractivity contribution in [1.29, 1.82) is 0 Å². The predicted molar refractivity (Wildman–Crippen MR) is 72.8 cm³/mol. The van der Waals surface area contributed by atoms with E-state index in [4.69, 9.17) is 0 Å². The van der Waals surface area contributed by atoms with Gasteiger partial charge in [0.2, 0.25) is 0 Å². The molecule has 0 aliphatic carbocycles. The predicted octanol–water partition coefficient (Wildman–Crippen LogP) is 0.713. The molecule has 0 saturated carbocycles. The minimum Gasteiger partial charge on any atom is -0.387 e. The molecule has 0 fully saturated rings. The van der Waals surface area contributed by atoms with E-state index in [1.54, 1.807) is 18.2 Å². The zero-order chi connectivity index (χ0) is 14.4. The van der Waals surface area contributed by atoms with Crippen LogP contribution in [-0.2, 0) is 9.84 Å². The normalized spacial score (nSPS) is 14.7. The molecule has 1 aromatic carbocycles. The van der Waals surface area contributed by atoms with Crippen molar-refractivity contribution >= 4 is 20.9 Å². The van der Waals surface area contributed by atoms with E-state index in [9.17, 15) is 18.3 Å². The summed E-state index contributed by atoms with van der Waals surface area (Å²) in [7, 11) is -3.43. The summed E-state index contributed by atoms with van der Waals surface area (Å²) in [5.41, 5.74) is 1.24. The molecule has 0 saturated heterocycles. The molecule has 1 atom stereocenters. The number of aromatic amines is 2. The summed E-state index contributed by atoms with van der Waals surface area (Å²) in [6.45, 7) is 2.94. The average molecular weight is 284 g/mol. The van der Waals surface area contributed by atoms with Gasteiger partial charge in [0.25, 0.3) is 0 Å². The number of H-pyrrole nitrogens is 2. The fourth-order valence-electron chi connectivity index (χ4n) is 1.82. The van der Waals surface area contributed by atoms with Crippen LogP contribution in [0.4, 0.5) is 0 Å². The molecule has 104 valence electrons. The third-order valence-electron chi connectivity index (χ3n) is 3.47. The lowest BCUT2D eigenvalue weighted by molar-refractivity contribution is 0.139. The fourth-order valence-corrected chi connectivity index (χ4v) is 2.37. The van der Waals surface area contributed by atoms with Crippen molar-refractivity contribution in [1.82, 2.24) is 9.97 Å². The highest BCUT2D eigenvalue weighted by Gasteiger charge is 2.39. The molecule has 1 unspecified atom stereocenters. The monoisotopic (exact) mass is 284 g/mol. The number of sulfone groups is 1. The number of benzene rings is 1. The highest BCUT2D eigenvalue weighted by molar-refractivity contribution is 7.92. The molecule has 19 heavy (non-hydrogen) atoms. The van der Waals surface area contributed by atoms with E-state index in [-0.39, 0.29) is 5.69 Å². The Morgan fingerprint density at radius 3 is 2.37 bits per heavy atom. The second-order valence-electron chi connectivity index (χ2n) is 5.16. The number of hydrogen-bond donors (Lipinski definition) is 3. The van der Waals surface area contributed by atoms with Crippen LogP contribution in [0.2, 0.25) is 0 Å². The lowest BCUT2D eigenvalue weighted by Gasteiger charge is -2.28. The zero-order valence-electron chi connectivity index (χ0n) is 10.9. The summed E-state index contributed by atoms with van der Waals surface area (Å²) in [6.07, 6.45) is -0.0854. The molecule has 3 N–H and O–H groups in total. The van der Waals surface area contributed by atoms with Crippen molar-refractivity contribution in [2.24, 2.45) is 0 Å². The molecule has 0 aliphatic rings. The quantitative estimate of drug-likeness (QED) is 0.772. The number of hydrogen-bond acceptors (Lipinski definition) is 4. The maximum atomic E-state index is 11.7. The Morgan fingerprint density at radius 2 is 1.79 bits per heavy atom. The minimum atomic E-state index is -3.43. The number of fused-ring (bicyclic) bond motifs is 1. The second kappa shape index (κ2) is 4.21. The number of aromatic nitrogens is 2. The Balaban J connectivity index is 2.52. The topological polar surface area (TPSA) is 103 Å². The van der Waals surface area contributed by atoms with Gasteiger partial charge in [-0.2, -0.15) is 0 Å². The van der Waals surface area contributed by atoms with Crippen LogP contribution in [0.25, 0.3) is 11.0 Å². The van der Waals surface area contributed by atoms with Crippen LogP contribution in [0.1, 0.15) is 25.5 Å². The molecule has 1 aromatic heterocycles. The Hall–Kier alpha value is -1.60. The van der Waals surface area contributed by atoms with Crippen LogP contribution < -0.4 is 5.69 Å². The standard InChI is InChI=1S/C12H16N2O4S/c1-12(2,19(3,17)18)10(15)7-4-5-8-9(6-7)14-11(16)13-8/h4-6,10,15H,1-3H3,(H2,13,14,16). The summed E-state index contributed by atoms with van der Waals surface area (Å²) in [4.78, 5) is 16.3. The maximum Gasteiger partial charge on any atom is 0.323 e. The Morgan fingerprint density at radius 1 is 1.21 bits per heavy atom. The summed E-state index contributed by atoms with van der Waals surface area (Å²) >= 11 is 0. The van der Waals surface area contributed by atoms with Crippen molar-refractivity contribution in [3.63, 3.8) is 0 Å². The first-order chi connectivity index (χ1) is 8.63. The van der Waals surface area contributed by atoms with Crippen LogP contribution in [0, 0.1) is 0 Å². The van der Waals surface area contributed by atoms with E-state index >= 15 is 0 Å². The van der Waals surface area contributed by atoms with Crippen molar-refractivity contribution in [3.05, 3.63) is 34.2 Å². The molecule has 2 rings (SSSR count). The zero-order valence-corrected chi connectivity index (χ0v) is 11.7. The van der Waals surface area contributed by atoms with Crippen molar-refractivity contribution < 1.29 is 13.5 Å². The smallest absolute Gasteiger partial charge is 0.323 e. The summed E-state index contributed by atoms with van der Waals surface area (Å²) in [5, 5.41) is 10.3. The van der Waals surface area contributed by atoms with Crippen LogP contribution >= 0.6 is 0 Å². The Kier molecular flexibility index (Phi) is 3.06. The molecule has 0 bridgehead atoms. The van der Waals surface area contributed by atoms with Gasteiger partial charge in [-0.15, -0.1) is 0 Å². The van der Waals surface area contributed by atoms with Gasteiger partial charge in [-0.1, -0.05) is 6.07 Å². The molecule has 7 heteroatoms. The van der Waals surface area contributed by atoms with E-state index in [1.165, 1.54) is 13.8 Å². The van der Waals surface area contributed by atoms with E-state index < -0.39 is 20.7 Å². The summed E-state index contributed by atoms with van der Waals surface area (Å²) in [5.74, 6) is 0. The Labute approximate surface area is 110 Å². The lowest BCUT2D eigenvalue weighted by Crippen LogP contribution is -2.37. The number of nitrogens with one attached hydrogen (secondary N) is 2. The van der Waals surface area contributed by atoms with Gasteiger partial charge in [-0.05, 0) is 31.5 Å². The first-order valence-electron chi connectivity index (χ1n) is 5.72. The summed E-state index contributed by atoms with van der Waals surface area (Å²) < 4.78 is 22.1. The lowest BCUT2D eigenvalue weighted by atomic mass is 9.98. The van der Waals surface area contributed by atoms with Crippen LogP contribution in [0.3, 0.4) is 0 Å². The molecular formula is C12H16N2O4S. The molecule has 0 aliphatic heterocycles. The van der Waals surface area contributed by atoms with Gasteiger partial charge in [0, 0.05) is 6.26 Å². The van der Waals surface area contributed by atoms with Crippen molar-refractivity contribution in [2.75, 3.05) is 6.26 Å². The van der Waals surface area contributed by atoms with Crippen molar-refractivity contribution in [3.8, 4) is 0 Å². The molecule has 0 radical (unpaired) electrons. The average Bonchev–Trinajstić information content (AvgIpc) is 2.65. The van der Waals surface area contributed by atoms with Gasteiger partial charge in [-0.3, -0.25) is 0 Å². The number of aliphatic hydroxyl groups excluding tert-OH is 1. The number of imidazole rings is 1. The van der Waals surface area contributed by atoms with Gasteiger partial charge in [0.1, 0.15) is 0 Å². The van der Waals surface area contributed by atoms with Gasteiger partial charge in [0.05, 0.1) is 21.9 Å². The molecule has 6 nitrogen and oxygen atoms in total. The van der Waals surface area contributed by atoms with E-state index in [0.29, 0.717) is 16.6 Å². The third kappa shape index (κ3) is 2.31. The largest absolute Gasteiger partial charge is 0.387 e. The molecular weight excluding hydrogens is 268 g/mol. The van der Waals surface area contributed by atoms with Gasteiger partial charge >= 0.3 is 5.69 Å². The number of aliphatic hydroxyl groups is 1. The second-order valence-corrected chi connectivity index (χ2v) is 7.76. The SMILES string of the molecule is CC(C)(C(O)c1ccc2[nH]c(=O)[nH]c2c1)S(C)(=O)=O. The van der Waals surface area contributed by atoms with Gasteiger partial charge < -0.3 is 15.1 Å². The highest BCUT2D eigenvalue weighted by atomic mass is 32.2. The van der Waals surface area contributed by atoms with Crippen molar-refractivity contribution in [2.45, 2.75) is 24.7 Å². The van der Waals surface area contributed by atoms with Gasteiger partial charge in [0.15, 0.2) is 9.84 Å². The first kappa shape index (κ1) is 13.8. The third-order valence-corrected chi connectivity index (χ3v) is 5.60. The molecule has 1 heterocycles. The first-order valence-corrected chi connectivity index (χ1v) is 7.61. The summed E-state index contributed by atoms with van der Waals surface area (Å²) in [6, 6.07) is 4.80. The highest BCUT2D eigenvalue weighted by Crippen LogP contribution is 2.32. The van der Waals surface area contributed by atoms with E-state index in [0.717, 1.165) is 6.26 Å². The van der Waals surface area contributed by atoms with Gasteiger partial charge in [-0.25, -0.2) is 13.2 Å². The van der Waals surface area contributed by atoms with Crippen LogP contribution in [-0.4, -0.2) is 34.5 Å². The molecule has 0 amide bonds. The maximum absolute atomic E-state index is 11.7. The fraction of sp³-hybridized carbons (Fsp3) is 0.417. The Bertz CT molecular complexity index is 770. The molecule has 2 aromatic rings. The van der Waals surface area contributed by atoms with E-state index in [2.05, 4.69) is 9.97 Å².